The van der Waals surface area contributed by atoms with Crippen molar-refractivity contribution in [3.05, 3.63) is 0 Å². The predicted octanol–water partition coefficient (Wildman–Crippen LogP) is -5.19. The maximum Gasteiger partial charge on any atom is 0.245 e. The smallest absolute Gasteiger partial charge is 0.245 e. The number of carbonyl (C=O) groups excluding carboxylic acids is 5. The van der Waals surface area contributed by atoms with E-state index in [2.05, 4.69) is 10.6 Å². The molecule has 12 nitrogen and oxygen atoms in total. The number of aliphatic hydroxyl groups is 2. The van der Waals surface area contributed by atoms with Crippen LogP contribution >= 0.6 is 0 Å². The molecule has 0 heterocycles. The van der Waals surface area contributed by atoms with Crippen molar-refractivity contribution in [1.82, 2.24) is 16.0 Å². The zero-order chi connectivity index (χ0) is 18.9. The molecule has 5 amide bonds. The van der Waals surface area contributed by atoms with E-state index in [1.54, 1.807) is 0 Å². The average molecular weight is 347 g/mol. The van der Waals surface area contributed by atoms with Gasteiger partial charge in [-0.25, -0.2) is 0 Å². The van der Waals surface area contributed by atoms with Crippen LogP contribution in [0, 0.1) is 0 Å². The molecule has 0 fully saturated rings. The Kier molecular flexibility index (Phi) is 8.97. The van der Waals surface area contributed by atoms with Crippen LogP contribution < -0.4 is 27.4 Å². The van der Waals surface area contributed by atoms with E-state index in [9.17, 15) is 24.0 Å². The first-order chi connectivity index (χ1) is 11.1. The minimum Gasteiger partial charge on any atom is -0.394 e. The highest BCUT2D eigenvalue weighted by molar-refractivity contribution is 5.96. The van der Waals surface area contributed by atoms with Crippen molar-refractivity contribution in [2.75, 3.05) is 13.2 Å². The summed E-state index contributed by atoms with van der Waals surface area (Å²) in [5.41, 5.74) is 9.94. The average Bonchev–Trinajstić information content (AvgIpc) is 2.47. The first-order valence-corrected chi connectivity index (χ1v) is 6.79. The lowest BCUT2D eigenvalue weighted by Crippen LogP contribution is -2.58. The fraction of sp³-hybridized carbons (Fsp3) is 0.583. The lowest BCUT2D eigenvalue weighted by Gasteiger charge is -2.22. The summed E-state index contributed by atoms with van der Waals surface area (Å²) in [7, 11) is 0. The Hall–Kier alpha value is -2.73. The number of hydrogen-bond donors (Lipinski definition) is 7. The Morgan fingerprint density at radius 2 is 1.29 bits per heavy atom. The van der Waals surface area contributed by atoms with Gasteiger partial charge in [-0.3, -0.25) is 24.0 Å². The molecule has 0 radical (unpaired) electrons. The molecule has 0 rings (SSSR count). The minimum absolute atomic E-state index is 0.603. The normalized spacial score (nSPS) is 14.0. The topological polar surface area (TPSA) is 214 Å². The zero-order valence-electron chi connectivity index (χ0n) is 12.9. The van der Waals surface area contributed by atoms with Gasteiger partial charge < -0.3 is 37.6 Å². The molecule has 9 N–H and O–H groups in total. The minimum atomic E-state index is -1.49. The van der Waals surface area contributed by atoms with Crippen LogP contribution in [0.5, 0.6) is 0 Å². The number of aliphatic hydroxyl groups excluding tert-OH is 2. The highest BCUT2D eigenvalue weighted by atomic mass is 16.3. The molecule has 0 aliphatic heterocycles. The van der Waals surface area contributed by atoms with Crippen molar-refractivity contribution in [3.63, 3.8) is 0 Å². The lowest BCUT2D eigenvalue weighted by atomic mass is 10.1. The van der Waals surface area contributed by atoms with Crippen molar-refractivity contribution < 1.29 is 34.2 Å². The van der Waals surface area contributed by atoms with E-state index in [0.29, 0.717) is 0 Å². The van der Waals surface area contributed by atoms with E-state index in [1.165, 1.54) is 0 Å². The highest BCUT2D eigenvalue weighted by Gasteiger charge is 2.29. The van der Waals surface area contributed by atoms with Gasteiger partial charge in [0.2, 0.25) is 29.5 Å². The van der Waals surface area contributed by atoms with E-state index in [-0.39, 0.29) is 0 Å². The second-order valence-electron chi connectivity index (χ2n) is 4.81. The highest BCUT2D eigenvalue weighted by Crippen LogP contribution is 1.96. The number of primary amides is 2. The Morgan fingerprint density at radius 3 is 1.67 bits per heavy atom. The summed E-state index contributed by atoms with van der Waals surface area (Å²) < 4.78 is 0. The second-order valence-corrected chi connectivity index (χ2v) is 4.81. The van der Waals surface area contributed by atoms with Gasteiger partial charge in [-0.05, 0) is 0 Å². The molecule has 12 heteroatoms. The Balaban J connectivity index is 5.08. The summed E-state index contributed by atoms with van der Waals surface area (Å²) in [5, 5.41) is 24.3. The van der Waals surface area contributed by atoms with Crippen LogP contribution in [0.3, 0.4) is 0 Å². The van der Waals surface area contributed by atoms with E-state index in [4.69, 9.17) is 21.7 Å². The van der Waals surface area contributed by atoms with Gasteiger partial charge in [0, 0.05) is 6.92 Å². The first-order valence-electron chi connectivity index (χ1n) is 6.79. The maximum atomic E-state index is 12.0. The molecule has 0 aromatic heterocycles. The molecule has 0 aliphatic rings. The molecule has 0 aromatic carbocycles. The maximum absolute atomic E-state index is 12.0. The molecular weight excluding hydrogens is 326 g/mol. The fourth-order valence-corrected chi connectivity index (χ4v) is 1.60. The Bertz CT molecular complexity index is 510. The largest absolute Gasteiger partial charge is 0.394 e. The third-order valence-corrected chi connectivity index (χ3v) is 2.76. The molecule has 0 aromatic rings. The summed E-state index contributed by atoms with van der Waals surface area (Å²) in [6.07, 6.45) is -0.618. The van der Waals surface area contributed by atoms with Gasteiger partial charge >= 0.3 is 0 Å². The lowest BCUT2D eigenvalue weighted by molar-refractivity contribution is -0.135. The number of hydrogen-bond acceptors (Lipinski definition) is 7. The van der Waals surface area contributed by atoms with E-state index in [1.807, 2.05) is 5.32 Å². The van der Waals surface area contributed by atoms with Crippen LogP contribution in [0.4, 0.5) is 0 Å². The van der Waals surface area contributed by atoms with Crippen molar-refractivity contribution in [2.45, 2.75) is 31.5 Å². The molecule has 3 atom stereocenters. The first kappa shape index (κ1) is 21.3. The van der Waals surface area contributed by atoms with E-state index < -0.39 is 67.3 Å². The number of nitrogens with one attached hydrogen (secondary N) is 3. The molecule has 24 heavy (non-hydrogen) atoms. The van der Waals surface area contributed by atoms with Gasteiger partial charge in [0.15, 0.2) is 0 Å². The van der Waals surface area contributed by atoms with E-state index >= 15 is 0 Å². The van der Waals surface area contributed by atoms with Gasteiger partial charge in [-0.1, -0.05) is 0 Å². The number of rotatable bonds is 10. The van der Waals surface area contributed by atoms with Crippen molar-refractivity contribution in [3.8, 4) is 0 Å². The summed E-state index contributed by atoms with van der Waals surface area (Å²) in [4.78, 5) is 56.9. The van der Waals surface area contributed by atoms with Crippen LogP contribution in [0.15, 0.2) is 0 Å². The zero-order valence-corrected chi connectivity index (χ0v) is 12.9. The predicted molar refractivity (Wildman–Crippen MR) is 78.6 cm³/mol. The fourth-order valence-electron chi connectivity index (χ4n) is 1.60. The van der Waals surface area contributed by atoms with Crippen LogP contribution in [-0.2, 0) is 24.0 Å². The van der Waals surface area contributed by atoms with Crippen LogP contribution in [-0.4, -0.2) is 71.1 Å². The monoisotopic (exact) mass is 347 g/mol. The van der Waals surface area contributed by atoms with Gasteiger partial charge in [-0.2, -0.15) is 0 Å². The Labute approximate surface area is 136 Å². The quantitative estimate of drug-likeness (QED) is 0.204. The number of amides is 5. The summed E-state index contributed by atoms with van der Waals surface area (Å²) in [6.45, 7) is -0.428. The molecule has 0 bridgehead atoms. The van der Waals surface area contributed by atoms with Gasteiger partial charge in [0.25, 0.3) is 0 Å². The second kappa shape index (κ2) is 10.1. The van der Waals surface area contributed by atoms with Gasteiger partial charge in [0.05, 0.1) is 19.6 Å². The molecule has 136 valence electrons. The van der Waals surface area contributed by atoms with Gasteiger partial charge in [0.1, 0.15) is 18.1 Å². The van der Waals surface area contributed by atoms with Crippen LogP contribution in [0.1, 0.15) is 13.3 Å². The van der Waals surface area contributed by atoms with Crippen molar-refractivity contribution >= 4 is 29.5 Å². The number of nitrogens with two attached hydrogens (primary N) is 2. The standard InChI is InChI=1S/C12H21N5O7/c1-5(20)15-8(4-19)12(24)16-6(2-9(13)21)11(23)17-7(3-18)10(14)22/h6-8,18-19H,2-4H2,1H3,(H2,13,21)(H2,14,22)(H,15,20)(H,16,24)(H,17,23)/t6-,7+,8-/m1/s1. The van der Waals surface area contributed by atoms with Crippen LogP contribution in [0.25, 0.3) is 0 Å². The molecule has 0 saturated heterocycles. The third kappa shape index (κ3) is 7.51. The molecule has 0 spiro atoms. The van der Waals surface area contributed by atoms with Crippen molar-refractivity contribution in [1.29, 1.82) is 0 Å². The molecule has 0 unspecified atom stereocenters. The van der Waals surface area contributed by atoms with Gasteiger partial charge in [-0.15, -0.1) is 0 Å². The SMILES string of the molecule is CC(=O)N[C@H](CO)C(=O)N[C@H](CC(N)=O)C(=O)N[C@@H](CO)C(N)=O. The summed E-state index contributed by atoms with van der Waals surface area (Å²) >= 11 is 0. The van der Waals surface area contributed by atoms with E-state index in [0.717, 1.165) is 6.92 Å². The van der Waals surface area contributed by atoms with Crippen molar-refractivity contribution in [2.24, 2.45) is 11.5 Å². The molecule has 0 aliphatic carbocycles. The summed E-state index contributed by atoms with van der Waals surface area (Å²) in [6, 6.07) is -4.27. The van der Waals surface area contributed by atoms with Crippen LogP contribution in [0.2, 0.25) is 0 Å². The summed E-state index contributed by atoms with van der Waals surface area (Å²) in [5.74, 6) is -4.51. The molecule has 0 saturated carbocycles. The third-order valence-electron chi connectivity index (χ3n) is 2.76. The molecular formula is C12H21N5O7. The number of carbonyl (C=O) groups is 5. The Morgan fingerprint density at radius 1 is 0.833 bits per heavy atom.